The van der Waals surface area contributed by atoms with Gasteiger partial charge in [0.05, 0.1) is 5.01 Å². The Bertz CT molecular complexity index is 357. The maximum atomic E-state index is 12.0. The van der Waals surface area contributed by atoms with Gasteiger partial charge in [0.1, 0.15) is 5.69 Å². The molecule has 0 saturated carbocycles. The molecule has 1 fully saturated rings. The van der Waals surface area contributed by atoms with E-state index in [0.717, 1.165) is 24.5 Å². The standard InChI is InChI=1S/C10H15N3OS/c1-7-12-9(6-15-7)10(14)13(2)8-3-4-11-5-8/h6,8,11H,3-5H2,1-2H3. The van der Waals surface area contributed by atoms with Crippen molar-refractivity contribution in [3.8, 4) is 0 Å². The molecule has 82 valence electrons. The van der Waals surface area contributed by atoms with E-state index in [1.54, 1.807) is 4.90 Å². The predicted molar refractivity (Wildman–Crippen MR) is 60.2 cm³/mol. The Kier molecular flexibility index (Phi) is 3.02. The number of hydrogen-bond acceptors (Lipinski definition) is 4. The largest absolute Gasteiger partial charge is 0.336 e. The Balaban J connectivity index is 2.06. The molecule has 2 heterocycles. The first kappa shape index (κ1) is 10.6. The second kappa shape index (κ2) is 4.28. The van der Waals surface area contributed by atoms with Gasteiger partial charge in [0, 0.05) is 25.0 Å². The van der Waals surface area contributed by atoms with Crippen molar-refractivity contribution in [2.75, 3.05) is 20.1 Å². The van der Waals surface area contributed by atoms with E-state index in [4.69, 9.17) is 0 Å². The molecule has 1 unspecified atom stereocenters. The van der Waals surface area contributed by atoms with Crippen LogP contribution in [0.15, 0.2) is 5.38 Å². The third-order valence-electron chi connectivity index (χ3n) is 2.74. The summed E-state index contributed by atoms with van der Waals surface area (Å²) in [4.78, 5) is 18.0. The molecule has 0 spiro atoms. The molecular formula is C10H15N3OS. The number of aryl methyl sites for hydroxylation is 1. The van der Waals surface area contributed by atoms with Crippen LogP contribution in [-0.4, -0.2) is 42.0 Å². The maximum Gasteiger partial charge on any atom is 0.273 e. The van der Waals surface area contributed by atoms with Crippen molar-refractivity contribution in [1.29, 1.82) is 0 Å². The number of nitrogens with one attached hydrogen (secondary N) is 1. The summed E-state index contributed by atoms with van der Waals surface area (Å²) < 4.78 is 0. The lowest BCUT2D eigenvalue weighted by molar-refractivity contribution is 0.0738. The third kappa shape index (κ3) is 2.18. The van der Waals surface area contributed by atoms with Crippen LogP contribution in [0.1, 0.15) is 21.9 Å². The first-order valence-corrected chi connectivity index (χ1v) is 5.96. The summed E-state index contributed by atoms with van der Waals surface area (Å²) in [5, 5.41) is 6.02. The zero-order valence-corrected chi connectivity index (χ0v) is 9.80. The van der Waals surface area contributed by atoms with E-state index < -0.39 is 0 Å². The molecule has 2 rings (SSSR count). The molecule has 4 nitrogen and oxygen atoms in total. The number of rotatable bonds is 2. The Morgan fingerprint density at radius 1 is 1.73 bits per heavy atom. The second-order valence-electron chi connectivity index (χ2n) is 3.81. The predicted octanol–water partition coefficient (Wildman–Crippen LogP) is 0.885. The van der Waals surface area contributed by atoms with Crippen LogP contribution in [-0.2, 0) is 0 Å². The molecule has 1 aromatic rings. The molecule has 1 aliphatic rings. The SMILES string of the molecule is Cc1nc(C(=O)N(C)C2CCNC2)cs1. The molecular weight excluding hydrogens is 210 g/mol. The van der Waals surface area contributed by atoms with Gasteiger partial charge in [0.25, 0.3) is 5.91 Å². The number of nitrogens with zero attached hydrogens (tertiary/aromatic N) is 2. The van der Waals surface area contributed by atoms with Gasteiger partial charge in [0.2, 0.25) is 0 Å². The van der Waals surface area contributed by atoms with Gasteiger partial charge < -0.3 is 10.2 Å². The van der Waals surface area contributed by atoms with Gasteiger partial charge in [-0.05, 0) is 19.9 Å². The molecule has 5 heteroatoms. The van der Waals surface area contributed by atoms with Crippen LogP contribution in [0.5, 0.6) is 0 Å². The monoisotopic (exact) mass is 225 g/mol. The molecule has 1 atom stereocenters. The average molecular weight is 225 g/mol. The number of carbonyl (C=O) groups excluding carboxylic acids is 1. The van der Waals surface area contributed by atoms with Gasteiger partial charge in [-0.25, -0.2) is 4.98 Å². The molecule has 0 radical (unpaired) electrons. The molecule has 0 aromatic carbocycles. The van der Waals surface area contributed by atoms with Crippen molar-refractivity contribution in [2.45, 2.75) is 19.4 Å². The fourth-order valence-corrected chi connectivity index (χ4v) is 2.36. The summed E-state index contributed by atoms with van der Waals surface area (Å²) >= 11 is 1.52. The minimum Gasteiger partial charge on any atom is -0.336 e. The molecule has 15 heavy (non-hydrogen) atoms. The fraction of sp³-hybridized carbons (Fsp3) is 0.600. The Hall–Kier alpha value is -0.940. The van der Waals surface area contributed by atoms with Crippen molar-refractivity contribution in [3.63, 3.8) is 0 Å². The van der Waals surface area contributed by atoms with Crippen LogP contribution < -0.4 is 5.32 Å². The summed E-state index contributed by atoms with van der Waals surface area (Å²) in [7, 11) is 1.86. The number of aromatic nitrogens is 1. The number of carbonyl (C=O) groups is 1. The van der Waals surface area contributed by atoms with Gasteiger partial charge in [-0.1, -0.05) is 0 Å². The zero-order chi connectivity index (χ0) is 10.8. The number of likely N-dealkylation sites (N-methyl/N-ethyl adjacent to an activating group) is 1. The van der Waals surface area contributed by atoms with E-state index in [2.05, 4.69) is 10.3 Å². The zero-order valence-electron chi connectivity index (χ0n) is 8.99. The molecule has 1 aromatic heterocycles. The molecule has 1 N–H and O–H groups in total. The second-order valence-corrected chi connectivity index (χ2v) is 4.88. The highest BCUT2D eigenvalue weighted by Crippen LogP contribution is 2.13. The minimum absolute atomic E-state index is 0.0352. The van der Waals surface area contributed by atoms with Crippen molar-refractivity contribution < 1.29 is 4.79 Å². The van der Waals surface area contributed by atoms with Gasteiger partial charge in [0.15, 0.2) is 0 Å². The topological polar surface area (TPSA) is 45.2 Å². The third-order valence-corrected chi connectivity index (χ3v) is 3.51. The van der Waals surface area contributed by atoms with Crippen LogP contribution in [0, 0.1) is 6.92 Å². The van der Waals surface area contributed by atoms with E-state index in [-0.39, 0.29) is 5.91 Å². The van der Waals surface area contributed by atoms with Crippen LogP contribution >= 0.6 is 11.3 Å². The fourth-order valence-electron chi connectivity index (χ4n) is 1.78. The van der Waals surface area contributed by atoms with Gasteiger partial charge in [-0.15, -0.1) is 11.3 Å². The lowest BCUT2D eigenvalue weighted by atomic mass is 10.2. The lowest BCUT2D eigenvalue weighted by Crippen LogP contribution is -2.38. The summed E-state index contributed by atoms with van der Waals surface area (Å²) in [6, 6.07) is 0.319. The molecule has 1 aliphatic heterocycles. The maximum absolute atomic E-state index is 12.0. The average Bonchev–Trinajstić information content (AvgIpc) is 2.85. The van der Waals surface area contributed by atoms with E-state index in [0.29, 0.717) is 11.7 Å². The van der Waals surface area contributed by atoms with Crippen LogP contribution in [0.2, 0.25) is 0 Å². The first-order valence-electron chi connectivity index (χ1n) is 5.08. The smallest absolute Gasteiger partial charge is 0.273 e. The highest BCUT2D eigenvalue weighted by atomic mass is 32.1. The molecule has 1 amide bonds. The van der Waals surface area contributed by atoms with Crippen LogP contribution in [0.3, 0.4) is 0 Å². The highest BCUT2D eigenvalue weighted by molar-refractivity contribution is 7.09. The van der Waals surface area contributed by atoms with Crippen LogP contribution in [0.4, 0.5) is 0 Å². The summed E-state index contributed by atoms with van der Waals surface area (Å²) in [6.45, 7) is 3.81. The van der Waals surface area contributed by atoms with Crippen LogP contribution in [0.25, 0.3) is 0 Å². The Morgan fingerprint density at radius 3 is 3.07 bits per heavy atom. The number of hydrogen-bond donors (Lipinski definition) is 1. The van der Waals surface area contributed by atoms with Crippen molar-refractivity contribution in [2.24, 2.45) is 0 Å². The molecule has 0 aliphatic carbocycles. The van der Waals surface area contributed by atoms with Crippen molar-refractivity contribution in [3.05, 3.63) is 16.1 Å². The lowest BCUT2D eigenvalue weighted by Gasteiger charge is -2.22. The van der Waals surface area contributed by atoms with E-state index in [1.165, 1.54) is 11.3 Å². The van der Waals surface area contributed by atoms with Crippen molar-refractivity contribution in [1.82, 2.24) is 15.2 Å². The van der Waals surface area contributed by atoms with E-state index in [1.807, 2.05) is 19.4 Å². The summed E-state index contributed by atoms with van der Waals surface area (Å²) in [5.74, 6) is 0.0352. The van der Waals surface area contributed by atoms with Gasteiger partial charge in [-0.3, -0.25) is 4.79 Å². The number of amides is 1. The van der Waals surface area contributed by atoms with E-state index >= 15 is 0 Å². The normalized spacial score (nSPS) is 20.5. The molecule has 0 bridgehead atoms. The minimum atomic E-state index is 0.0352. The first-order chi connectivity index (χ1) is 7.18. The summed E-state index contributed by atoms with van der Waals surface area (Å²) in [6.07, 6.45) is 1.03. The Morgan fingerprint density at radius 2 is 2.53 bits per heavy atom. The Labute approximate surface area is 93.3 Å². The van der Waals surface area contributed by atoms with Gasteiger partial charge in [-0.2, -0.15) is 0 Å². The quantitative estimate of drug-likeness (QED) is 0.813. The van der Waals surface area contributed by atoms with Crippen molar-refractivity contribution >= 4 is 17.2 Å². The van der Waals surface area contributed by atoms with Gasteiger partial charge >= 0.3 is 0 Å². The molecule has 1 saturated heterocycles. The number of thiazole rings is 1. The summed E-state index contributed by atoms with van der Waals surface area (Å²) in [5.41, 5.74) is 0.576. The van der Waals surface area contributed by atoms with E-state index in [9.17, 15) is 4.79 Å². The highest BCUT2D eigenvalue weighted by Gasteiger charge is 2.24.